The molecule has 0 unspecified atom stereocenters. The van der Waals surface area contributed by atoms with Crippen LogP contribution in [0.5, 0.6) is 0 Å². The molecule has 0 bridgehead atoms. The van der Waals surface area contributed by atoms with E-state index >= 15 is 0 Å². The summed E-state index contributed by atoms with van der Waals surface area (Å²) in [5.41, 5.74) is 15.0. The van der Waals surface area contributed by atoms with Crippen molar-refractivity contribution in [2.24, 2.45) is 0 Å². The molecule has 2 nitrogen and oxygen atoms in total. The lowest BCUT2D eigenvalue weighted by Crippen LogP contribution is -2.14. The van der Waals surface area contributed by atoms with E-state index in [0.717, 1.165) is 44.6 Å². The van der Waals surface area contributed by atoms with E-state index in [2.05, 4.69) is 203 Å². The second kappa shape index (κ2) is 14.9. The van der Waals surface area contributed by atoms with Gasteiger partial charge in [0.25, 0.3) is 0 Å². The lowest BCUT2D eigenvalue weighted by atomic mass is 9.82. The molecule has 3 heteroatoms. The molecule has 0 spiro atoms. The minimum absolute atomic E-state index is 0.151. The van der Waals surface area contributed by atoms with E-state index in [-0.39, 0.29) is 5.41 Å². The molecular weight excluding hydrogens is 711 g/mol. The quantitative estimate of drug-likeness (QED) is 0.179. The smallest absolute Gasteiger partial charge is 0.138 e. The molecule has 0 aliphatic heterocycles. The minimum Gasteiger partial charge on any atom is -0.456 e. The molecule has 0 amide bonds. The Morgan fingerprint density at radius 1 is 0.474 bits per heavy atom. The van der Waals surface area contributed by atoms with Gasteiger partial charge in [-0.3, -0.25) is 0 Å². The molecule has 278 valence electrons. The van der Waals surface area contributed by atoms with Crippen LogP contribution in [0.25, 0.3) is 53.2 Å². The van der Waals surface area contributed by atoms with Gasteiger partial charge < -0.3 is 9.32 Å². The zero-order chi connectivity index (χ0) is 39.1. The number of hydrogen-bond acceptors (Lipinski definition) is 3. The van der Waals surface area contributed by atoms with Gasteiger partial charge >= 0.3 is 0 Å². The van der Waals surface area contributed by atoms with Crippen LogP contribution in [-0.2, 0) is 5.41 Å². The van der Waals surface area contributed by atoms with Crippen LogP contribution in [0.2, 0.25) is 0 Å². The molecule has 8 aromatic carbocycles. The van der Waals surface area contributed by atoms with E-state index in [0.29, 0.717) is 0 Å². The Hall–Kier alpha value is -6.42. The van der Waals surface area contributed by atoms with Gasteiger partial charge in [-0.25, -0.2) is 0 Å². The Balaban J connectivity index is 0.000000120. The number of anilines is 3. The third-order valence-electron chi connectivity index (χ3n) is 11.2. The molecule has 2 aromatic heterocycles. The maximum atomic E-state index is 6.22. The van der Waals surface area contributed by atoms with Crippen LogP contribution in [0.1, 0.15) is 41.7 Å². The van der Waals surface area contributed by atoms with Gasteiger partial charge in [0.1, 0.15) is 11.2 Å². The van der Waals surface area contributed by atoms with Gasteiger partial charge in [-0.15, -0.1) is 11.3 Å². The van der Waals surface area contributed by atoms with Crippen LogP contribution in [-0.4, -0.2) is 0 Å². The largest absolute Gasteiger partial charge is 0.456 e. The van der Waals surface area contributed by atoms with E-state index < -0.39 is 0 Å². The van der Waals surface area contributed by atoms with Gasteiger partial charge in [-0.05, 0) is 103 Å². The van der Waals surface area contributed by atoms with Crippen LogP contribution < -0.4 is 4.90 Å². The van der Waals surface area contributed by atoms with Crippen molar-refractivity contribution in [3.63, 3.8) is 0 Å². The molecule has 57 heavy (non-hydrogen) atoms. The molecule has 0 saturated carbocycles. The van der Waals surface area contributed by atoms with E-state index in [9.17, 15) is 0 Å². The summed E-state index contributed by atoms with van der Waals surface area (Å²) in [7, 11) is 0. The molecule has 2 heterocycles. The molecule has 11 rings (SSSR count). The van der Waals surface area contributed by atoms with Crippen molar-refractivity contribution in [1.29, 1.82) is 0 Å². The number of thiophene rings is 1. The Bertz CT molecular complexity index is 2990. The lowest BCUT2D eigenvalue weighted by Gasteiger charge is -2.26. The van der Waals surface area contributed by atoms with Gasteiger partial charge in [0.2, 0.25) is 0 Å². The third kappa shape index (κ3) is 6.68. The molecule has 0 fully saturated rings. The molecule has 0 N–H and O–H groups in total. The van der Waals surface area contributed by atoms with Crippen LogP contribution in [0, 0.1) is 20.8 Å². The van der Waals surface area contributed by atoms with Gasteiger partial charge in [0, 0.05) is 42.3 Å². The topological polar surface area (TPSA) is 16.4 Å². The Morgan fingerprint density at radius 2 is 1.07 bits per heavy atom. The number of fused-ring (bicyclic) bond motifs is 9. The first kappa shape index (κ1) is 36.2. The van der Waals surface area contributed by atoms with Crippen LogP contribution in [0.3, 0.4) is 0 Å². The number of furan rings is 1. The first-order valence-electron chi connectivity index (χ1n) is 19.7. The highest BCUT2D eigenvalue weighted by atomic mass is 32.1. The summed E-state index contributed by atoms with van der Waals surface area (Å²) in [5, 5.41) is 5.06. The second-order valence-electron chi connectivity index (χ2n) is 15.5. The predicted molar refractivity (Wildman–Crippen MR) is 246 cm³/mol. The SMILES string of the molecule is Cc1ccc2c(c1)C(C)(C)c1ccccc1-2.Cc1ccc2c(c1)sc1ccccc12.Cc1cccc2c1oc1cccc(N(c3ccccc3)c3ccccc3)c12. The number of hydrogen-bond donors (Lipinski definition) is 0. The minimum atomic E-state index is 0.151. The summed E-state index contributed by atoms with van der Waals surface area (Å²) in [6, 6.07) is 64.4. The Kier molecular flexibility index (Phi) is 9.48. The number of nitrogens with zero attached hydrogens (tertiary/aromatic N) is 1. The summed E-state index contributed by atoms with van der Waals surface area (Å²) in [5.74, 6) is 0. The standard InChI is InChI=1S/C25H19NO.C16H16.C13H10S/c1-18-10-8-15-21-24-22(16-9-17-23(24)27-25(18)21)26(19-11-4-2-5-12-19)20-13-6-3-7-14-20;1-11-8-9-13-12-6-4-5-7-14(12)16(2,3)15(13)10-11;1-9-6-7-11-10-4-2-3-5-12(10)14-13(11)8-9/h2-17H,1H3;4-10H,1-3H3;2-8H,1H3. The monoisotopic (exact) mass is 755 g/mol. The third-order valence-corrected chi connectivity index (χ3v) is 12.4. The van der Waals surface area contributed by atoms with Crippen molar-refractivity contribution in [3.05, 3.63) is 210 Å². The van der Waals surface area contributed by atoms with Crippen LogP contribution >= 0.6 is 11.3 Å². The van der Waals surface area contributed by atoms with Crippen molar-refractivity contribution in [3.8, 4) is 11.1 Å². The van der Waals surface area contributed by atoms with Crippen molar-refractivity contribution < 1.29 is 4.42 Å². The molecule has 0 atom stereocenters. The molecule has 10 aromatic rings. The van der Waals surface area contributed by atoms with Crippen molar-refractivity contribution in [2.45, 2.75) is 40.0 Å². The van der Waals surface area contributed by atoms with E-state index in [1.54, 1.807) is 0 Å². The summed E-state index contributed by atoms with van der Waals surface area (Å²) in [6.07, 6.45) is 0. The first-order valence-corrected chi connectivity index (χ1v) is 20.5. The number of para-hydroxylation sites is 3. The van der Waals surface area contributed by atoms with E-state index in [1.165, 1.54) is 53.6 Å². The van der Waals surface area contributed by atoms with Crippen molar-refractivity contribution in [1.82, 2.24) is 0 Å². The molecule has 0 radical (unpaired) electrons. The zero-order valence-corrected chi connectivity index (χ0v) is 33.9. The summed E-state index contributed by atoms with van der Waals surface area (Å²) >= 11 is 1.88. The average Bonchev–Trinajstić information content (AvgIpc) is 3.88. The molecule has 1 aliphatic carbocycles. The molecule has 0 saturated heterocycles. The van der Waals surface area contributed by atoms with Gasteiger partial charge in [-0.1, -0.05) is 153 Å². The zero-order valence-electron chi connectivity index (χ0n) is 33.1. The normalized spacial score (nSPS) is 12.4. The average molecular weight is 756 g/mol. The predicted octanol–water partition coefficient (Wildman–Crippen LogP) is 16.0. The second-order valence-corrected chi connectivity index (χ2v) is 16.6. The summed E-state index contributed by atoms with van der Waals surface area (Å²) in [4.78, 5) is 2.29. The van der Waals surface area contributed by atoms with Crippen LogP contribution in [0.15, 0.2) is 186 Å². The molecular formula is C54H45NOS. The maximum absolute atomic E-state index is 6.22. The van der Waals surface area contributed by atoms with E-state index in [1.807, 2.05) is 29.5 Å². The highest BCUT2D eigenvalue weighted by Crippen LogP contribution is 2.48. The van der Waals surface area contributed by atoms with Gasteiger partial charge in [0.05, 0.1) is 11.1 Å². The maximum Gasteiger partial charge on any atom is 0.138 e. The fourth-order valence-electron chi connectivity index (χ4n) is 8.39. The van der Waals surface area contributed by atoms with E-state index in [4.69, 9.17) is 4.42 Å². The van der Waals surface area contributed by atoms with Gasteiger partial charge in [0.15, 0.2) is 0 Å². The number of rotatable bonds is 3. The number of aryl methyl sites for hydroxylation is 3. The molecule has 1 aliphatic rings. The number of benzene rings is 8. The fraction of sp³-hybridized carbons (Fsp3) is 0.111. The lowest BCUT2D eigenvalue weighted by molar-refractivity contribution is 0.660. The fourth-order valence-corrected chi connectivity index (χ4v) is 9.59. The highest BCUT2D eigenvalue weighted by molar-refractivity contribution is 7.25. The van der Waals surface area contributed by atoms with Crippen LogP contribution in [0.4, 0.5) is 17.1 Å². The van der Waals surface area contributed by atoms with Gasteiger partial charge in [-0.2, -0.15) is 0 Å². The first-order chi connectivity index (χ1) is 27.8. The highest BCUT2D eigenvalue weighted by Gasteiger charge is 2.34. The summed E-state index contributed by atoms with van der Waals surface area (Å²) < 4.78 is 9.00. The summed E-state index contributed by atoms with van der Waals surface area (Å²) in [6.45, 7) is 11.0. The Morgan fingerprint density at radius 3 is 1.84 bits per heavy atom. The van der Waals surface area contributed by atoms with Crippen molar-refractivity contribution in [2.75, 3.05) is 4.90 Å². The van der Waals surface area contributed by atoms with Crippen molar-refractivity contribution >= 4 is 70.5 Å². The Labute approximate surface area is 339 Å².